The van der Waals surface area contributed by atoms with Gasteiger partial charge in [0.05, 0.1) is 0 Å². The van der Waals surface area contributed by atoms with Crippen LogP contribution < -0.4 is 5.73 Å². The molecule has 2 atom stereocenters. The normalized spacial score (nSPS) is 26.0. The third-order valence-corrected chi connectivity index (χ3v) is 3.81. The van der Waals surface area contributed by atoms with Gasteiger partial charge in [-0.1, -0.05) is 18.2 Å². The number of phenols is 1. The molecule has 1 aliphatic rings. The van der Waals surface area contributed by atoms with E-state index in [1.807, 2.05) is 18.2 Å². The molecule has 3 nitrogen and oxygen atoms in total. The van der Waals surface area contributed by atoms with Crippen LogP contribution in [0.5, 0.6) is 5.75 Å². The van der Waals surface area contributed by atoms with Crippen molar-refractivity contribution < 1.29 is 5.11 Å². The minimum Gasteiger partial charge on any atom is -0.508 e. The maximum atomic E-state index is 9.80. The van der Waals surface area contributed by atoms with Crippen molar-refractivity contribution in [3.05, 3.63) is 29.8 Å². The van der Waals surface area contributed by atoms with Gasteiger partial charge in [0.1, 0.15) is 5.75 Å². The van der Waals surface area contributed by atoms with Crippen LogP contribution in [-0.2, 0) is 6.54 Å². The lowest BCUT2D eigenvalue weighted by molar-refractivity contribution is 0.112. The molecule has 94 valence electrons. The lowest BCUT2D eigenvalue weighted by atomic mass is 9.93. The molecule has 0 saturated carbocycles. The monoisotopic (exact) mass is 234 g/mol. The number of hydrogen-bond acceptors (Lipinski definition) is 3. The second-order valence-corrected chi connectivity index (χ2v) is 5.09. The van der Waals surface area contributed by atoms with Gasteiger partial charge >= 0.3 is 0 Å². The summed E-state index contributed by atoms with van der Waals surface area (Å²) in [6, 6.07) is 8.17. The molecule has 1 aromatic rings. The van der Waals surface area contributed by atoms with E-state index in [9.17, 15) is 5.11 Å². The van der Waals surface area contributed by atoms with Gasteiger partial charge in [0.25, 0.3) is 0 Å². The minimum absolute atomic E-state index is 0.398. The number of nitrogens with zero attached hydrogens (tertiary/aromatic N) is 1. The summed E-state index contributed by atoms with van der Waals surface area (Å²) >= 11 is 0. The molecule has 17 heavy (non-hydrogen) atoms. The van der Waals surface area contributed by atoms with Crippen molar-refractivity contribution >= 4 is 0 Å². The van der Waals surface area contributed by atoms with Crippen molar-refractivity contribution in [1.82, 2.24) is 4.90 Å². The standard InChI is InChI=1S/C14H22N2O/c1-11-6-7-12(8-15)9-16(11)10-13-4-2-3-5-14(13)17/h2-5,11-12,17H,6-10,15H2,1H3. The van der Waals surface area contributed by atoms with Gasteiger partial charge in [-0.25, -0.2) is 0 Å². The van der Waals surface area contributed by atoms with E-state index in [1.54, 1.807) is 6.07 Å². The van der Waals surface area contributed by atoms with Gasteiger partial charge in [0, 0.05) is 24.7 Å². The van der Waals surface area contributed by atoms with Crippen molar-refractivity contribution in [3.8, 4) is 5.75 Å². The maximum absolute atomic E-state index is 9.80. The topological polar surface area (TPSA) is 49.5 Å². The molecule has 0 bridgehead atoms. The molecule has 1 aromatic carbocycles. The van der Waals surface area contributed by atoms with Crippen LogP contribution in [0.1, 0.15) is 25.3 Å². The number of nitrogens with two attached hydrogens (primary N) is 1. The van der Waals surface area contributed by atoms with Gasteiger partial charge in [-0.3, -0.25) is 4.90 Å². The second-order valence-electron chi connectivity index (χ2n) is 5.09. The van der Waals surface area contributed by atoms with Crippen molar-refractivity contribution in [1.29, 1.82) is 0 Å². The lowest BCUT2D eigenvalue weighted by Gasteiger charge is -2.37. The Kier molecular flexibility index (Phi) is 4.02. The van der Waals surface area contributed by atoms with Gasteiger partial charge in [-0.15, -0.1) is 0 Å². The molecule has 3 N–H and O–H groups in total. The Morgan fingerprint density at radius 3 is 2.82 bits per heavy atom. The molecular weight excluding hydrogens is 212 g/mol. The van der Waals surface area contributed by atoms with Crippen LogP contribution in [0.3, 0.4) is 0 Å². The number of benzene rings is 1. The molecule has 0 spiro atoms. The van der Waals surface area contributed by atoms with E-state index in [-0.39, 0.29) is 0 Å². The zero-order valence-corrected chi connectivity index (χ0v) is 10.5. The molecule has 1 saturated heterocycles. The highest BCUT2D eigenvalue weighted by molar-refractivity contribution is 5.31. The Morgan fingerprint density at radius 1 is 1.35 bits per heavy atom. The van der Waals surface area contributed by atoms with E-state index in [2.05, 4.69) is 11.8 Å². The molecule has 2 unspecified atom stereocenters. The summed E-state index contributed by atoms with van der Waals surface area (Å²) in [5.74, 6) is 1.01. The van der Waals surface area contributed by atoms with Crippen LogP contribution in [0, 0.1) is 5.92 Å². The van der Waals surface area contributed by atoms with Crippen LogP contribution in [-0.4, -0.2) is 29.1 Å². The van der Waals surface area contributed by atoms with E-state index in [1.165, 1.54) is 12.8 Å². The third-order valence-electron chi connectivity index (χ3n) is 3.81. The molecule has 0 aliphatic carbocycles. The van der Waals surface area contributed by atoms with Crippen LogP contribution in [0.15, 0.2) is 24.3 Å². The van der Waals surface area contributed by atoms with Gasteiger partial charge in [0.15, 0.2) is 0 Å². The summed E-state index contributed by atoms with van der Waals surface area (Å²) in [7, 11) is 0. The van der Waals surface area contributed by atoms with Gasteiger partial charge in [-0.05, 0) is 38.3 Å². The fraction of sp³-hybridized carbons (Fsp3) is 0.571. The summed E-state index contributed by atoms with van der Waals surface area (Å²) < 4.78 is 0. The van der Waals surface area contributed by atoms with E-state index in [4.69, 9.17) is 5.73 Å². The zero-order chi connectivity index (χ0) is 12.3. The quantitative estimate of drug-likeness (QED) is 0.840. The van der Waals surface area contributed by atoms with Crippen molar-refractivity contribution in [2.45, 2.75) is 32.4 Å². The van der Waals surface area contributed by atoms with E-state index in [0.29, 0.717) is 17.7 Å². The largest absolute Gasteiger partial charge is 0.508 e. The first kappa shape index (κ1) is 12.4. The van der Waals surface area contributed by atoms with Crippen LogP contribution >= 0.6 is 0 Å². The first-order valence-electron chi connectivity index (χ1n) is 6.41. The highest BCUT2D eigenvalue weighted by Crippen LogP contribution is 2.25. The summed E-state index contributed by atoms with van der Waals surface area (Å²) in [4.78, 5) is 2.43. The van der Waals surface area contributed by atoms with Gasteiger partial charge < -0.3 is 10.8 Å². The smallest absolute Gasteiger partial charge is 0.120 e. The summed E-state index contributed by atoms with van der Waals surface area (Å²) in [5, 5.41) is 9.80. The highest BCUT2D eigenvalue weighted by Gasteiger charge is 2.24. The van der Waals surface area contributed by atoms with Gasteiger partial charge in [-0.2, -0.15) is 0 Å². The highest BCUT2D eigenvalue weighted by atomic mass is 16.3. The van der Waals surface area contributed by atoms with E-state index >= 15 is 0 Å². The number of likely N-dealkylation sites (tertiary alicyclic amines) is 1. The number of hydrogen-bond donors (Lipinski definition) is 2. The molecule has 0 radical (unpaired) electrons. The average molecular weight is 234 g/mol. The summed E-state index contributed by atoms with van der Waals surface area (Å²) in [5.41, 5.74) is 6.77. The lowest BCUT2D eigenvalue weighted by Crippen LogP contribution is -2.43. The molecule has 1 aliphatic heterocycles. The average Bonchev–Trinajstić information content (AvgIpc) is 2.35. The minimum atomic E-state index is 0.398. The Balaban J connectivity index is 2.04. The van der Waals surface area contributed by atoms with E-state index in [0.717, 1.165) is 25.2 Å². The SMILES string of the molecule is CC1CCC(CN)CN1Cc1ccccc1O. The summed E-state index contributed by atoms with van der Waals surface area (Å²) in [6.45, 7) is 4.90. The van der Waals surface area contributed by atoms with Gasteiger partial charge in [0.2, 0.25) is 0 Å². The second kappa shape index (κ2) is 5.52. The molecule has 0 amide bonds. The zero-order valence-electron chi connectivity index (χ0n) is 10.5. The number of piperidine rings is 1. The number of para-hydroxylation sites is 1. The van der Waals surface area contributed by atoms with Crippen LogP contribution in [0.2, 0.25) is 0 Å². The van der Waals surface area contributed by atoms with Crippen LogP contribution in [0.4, 0.5) is 0 Å². The van der Waals surface area contributed by atoms with Crippen molar-refractivity contribution in [2.24, 2.45) is 11.7 Å². The maximum Gasteiger partial charge on any atom is 0.120 e. The molecule has 1 heterocycles. The van der Waals surface area contributed by atoms with Crippen molar-refractivity contribution in [3.63, 3.8) is 0 Å². The van der Waals surface area contributed by atoms with Crippen LogP contribution in [0.25, 0.3) is 0 Å². The first-order chi connectivity index (χ1) is 8.20. The molecular formula is C14H22N2O. The predicted molar refractivity (Wildman–Crippen MR) is 69.8 cm³/mol. The van der Waals surface area contributed by atoms with E-state index < -0.39 is 0 Å². The van der Waals surface area contributed by atoms with Crippen molar-refractivity contribution in [2.75, 3.05) is 13.1 Å². The Labute approximate surface area is 103 Å². The third kappa shape index (κ3) is 2.99. The molecule has 3 heteroatoms. The fourth-order valence-electron chi connectivity index (χ4n) is 2.54. The Bertz CT molecular complexity index is 367. The summed E-state index contributed by atoms with van der Waals surface area (Å²) in [6.07, 6.45) is 2.43. The number of rotatable bonds is 3. The molecule has 2 rings (SSSR count). The number of phenolic OH excluding ortho intramolecular Hbond substituents is 1. The first-order valence-corrected chi connectivity index (χ1v) is 6.41. The predicted octanol–water partition coefficient (Wildman–Crippen LogP) is 1.95. The Hall–Kier alpha value is -1.06. The Morgan fingerprint density at radius 2 is 2.12 bits per heavy atom. The molecule has 1 fully saturated rings. The molecule has 0 aromatic heterocycles. The number of aromatic hydroxyl groups is 1. The fourth-order valence-corrected chi connectivity index (χ4v) is 2.54.